The van der Waals surface area contributed by atoms with Gasteiger partial charge in [0.25, 0.3) is 0 Å². The average Bonchev–Trinajstić information content (AvgIpc) is 2.28. The van der Waals surface area contributed by atoms with Crippen molar-refractivity contribution < 1.29 is 4.79 Å². The highest BCUT2D eigenvalue weighted by atomic mass is 16.2. The monoisotopic (exact) mass is 227 g/mol. The number of nitrogens with zero attached hydrogens (tertiary/aromatic N) is 1. The quantitative estimate of drug-likeness (QED) is 0.698. The Kier molecular flexibility index (Phi) is 7.44. The third kappa shape index (κ3) is 5.00. The van der Waals surface area contributed by atoms with E-state index in [-0.39, 0.29) is 5.54 Å². The van der Waals surface area contributed by atoms with Crippen LogP contribution in [0.15, 0.2) is 0 Å². The van der Waals surface area contributed by atoms with Gasteiger partial charge in [-0.3, -0.25) is 4.79 Å². The highest BCUT2D eigenvalue weighted by Crippen LogP contribution is 2.27. The molecule has 1 saturated heterocycles. The lowest BCUT2D eigenvalue weighted by Gasteiger charge is -2.42. The molecule has 0 unspecified atom stereocenters. The van der Waals surface area contributed by atoms with Crippen LogP contribution in [-0.2, 0) is 4.79 Å². The number of carbonyl (C=O) groups excluding carboxylic acids is 1. The first-order valence-corrected chi connectivity index (χ1v) is 6.80. The van der Waals surface area contributed by atoms with E-state index in [1.54, 1.807) is 0 Å². The molecule has 0 aromatic carbocycles. The van der Waals surface area contributed by atoms with E-state index in [0.29, 0.717) is 12.3 Å². The number of rotatable bonds is 2. The Bertz CT molecular complexity index is 197. The topological polar surface area (TPSA) is 20.3 Å². The first kappa shape index (κ1) is 15.5. The molecule has 0 saturated carbocycles. The summed E-state index contributed by atoms with van der Waals surface area (Å²) in [5.41, 5.74) is 0.103. The minimum Gasteiger partial charge on any atom is -0.338 e. The zero-order valence-electron chi connectivity index (χ0n) is 11.8. The normalized spacial score (nSPS) is 18.7. The van der Waals surface area contributed by atoms with Gasteiger partial charge in [0.1, 0.15) is 0 Å². The van der Waals surface area contributed by atoms with Crippen LogP contribution in [0.5, 0.6) is 0 Å². The maximum Gasteiger partial charge on any atom is 0.222 e. The predicted molar refractivity (Wildman–Crippen MR) is 70.5 cm³/mol. The predicted octanol–water partition coefficient (Wildman–Crippen LogP) is 3.99. The highest BCUT2D eigenvalue weighted by molar-refractivity contribution is 5.76. The SMILES string of the molecule is CCC(=O)N1CCCCC1(C)C.CCCC. The van der Waals surface area contributed by atoms with Crippen LogP contribution in [-0.4, -0.2) is 22.9 Å². The largest absolute Gasteiger partial charge is 0.338 e. The highest BCUT2D eigenvalue weighted by Gasteiger charge is 2.31. The van der Waals surface area contributed by atoms with E-state index in [9.17, 15) is 4.79 Å². The van der Waals surface area contributed by atoms with Gasteiger partial charge in [-0.15, -0.1) is 0 Å². The molecule has 0 N–H and O–H groups in total. The second kappa shape index (κ2) is 7.70. The lowest BCUT2D eigenvalue weighted by molar-refractivity contribution is -0.138. The van der Waals surface area contributed by atoms with Crippen molar-refractivity contribution in [3.8, 4) is 0 Å². The van der Waals surface area contributed by atoms with Crippen molar-refractivity contribution in [2.45, 2.75) is 78.7 Å². The second-order valence-corrected chi connectivity index (χ2v) is 5.17. The third-order valence-electron chi connectivity index (χ3n) is 3.25. The Balaban J connectivity index is 0.000000487. The Labute approximate surface area is 101 Å². The molecule has 0 aromatic heterocycles. The van der Waals surface area contributed by atoms with Gasteiger partial charge in [-0.2, -0.15) is 0 Å². The number of hydrogen-bond acceptors (Lipinski definition) is 1. The second-order valence-electron chi connectivity index (χ2n) is 5.17. The molecule has 0 spiro atoms. The smallest absolute Gasteiger partial charge is 0.222 e. The fourth-order valence-electron chi connectivity index (χ4n) is 1.92. The molecule has 1 aliphatic rings. The van der Waals surface area contributed by atoms with Gasteiger partial charge in [0.15, 0.2) is 0 Å². The van der Waals surface area contributed by atoms with Crippen molar-refractivity contribution >= 4 is 5.91 Å². The number of piperidine rings is 1. The van der Waals surface area contributed by atoms with E-state index in [4.69, 9.17) is 0 Å². The van der Waals surface area contributed by atoms with Gasteiger partial charge < -0.3 is 4.90 Å². The van der Waals surface area contributed by atoms with Crippen LogP contribution < -0.4 is 0 Å². The van der Waals surface area contributed by atoms with Crippen LogP contribution in [0.1, 0.15) is 73.1 Å². The summed E-state index contributed by atoms with van der Waals surface area (Å²) in [5, 5.41) is 0. The van der Waals surface area contributed by atoms with Crippen molar-refractivity contribution in [1.82, 2.24) is 4.90 Å². The molecule has 2 heteroatoms. The lowest BCUT2D eigenvalue weighted by atomic mass is 9.90. The molecule has 2 nitrogen and oxygen atoms in total. The Morgan fingerprint density at radius 2 is 1.69 bits per heavy atom. The zero-order chi connectivity index (χ0) is 12.6. The molecule has 0 bridgehead atoms. The molecule has 1 aliphatic heterocycles. The van der Waals surface area contributed by atoms with Crippen molar-refractivity contribution in [2.24, 2.45) is 0 Å². The summed E-state index contributed by atoms with van der Waals surface area (Å²) in [6.45, 7) is 11.6. The fourth-order valence-corrected chi connectivity index (χ4v) is 1.92. The molecule has 1 rings (SSSR count). The van der Waals surface area contributed by atoms with Crippen LogP contribution in [0.25, 0.3) is 0 Å². The summed E-state index contributed by atoms with van der Waals surface area (Å²) in [6, 6.07) is 0. The zero-order valence-corrected chi connectivity index (χ0v) is 11.8. The molecule has 96 valence electrons. The van der Waals surface area contributed by atoms with E-state index in [0.717, 1.165) is 13.0 Å². The van der Waals surface area contributed by atoms with Crippen LogP contribution in [0.2, 0.25) is 0 Å². The lowest BCUT2D eigenvalue weighted by Crippen LogP contribution is -2.50. The first-order valence-electron chi connectivity index (χ1n) is 6.80. The van der Waals surface area contributed by atoms with Gasteiger partial charge >= 0.3 is 0 Å². The van der Waals surface area contributed by atoms with Gasteiger partial charge in [0, 0.05) is 18.5 Å². The maximum atomic E-state index is 11.5. The van der Waals surface area contributed by atoms with Gasteiger partial charge in [0.05, 0.1) is 0 Å². The molecule has 1 fully saturated rings. The molecule has 1 amide bonds. The van der Waals surface area contributed by atoms with Gasteiger partial charge in [-0.05, 0) is 33.1 Å². The van der Waals surface area contributed by atoms with Crippen molar-refractivity contribution in [2.75, 3.05) is 6.54 Å². The summed E-state index contributed by atoms with van der Waals surface area (Å²) in [7, 11) is 0. The van der Waals surface area contributed by atoms with E-state index < -0.39 is 0 Å². The van der Waals surface area contributed by atoms with Gasteiger partial charge in [-0.1, -0.05) is 33.6 Å². The van der Waals surface area contributed by atoms with Gasteiger partial charge in [0.2, 0.25) is 5.91 Å². The van der Waals surface area contributed by atoms with Crippen molar-refractivity contribution in [3.05, 3.63) is 0 Å². The molecule has 0 radical (unpaired) electrons. The van der Waals surface area contributed by atoms with Crippen molar-refractivity contribution in [1.29, 1.82) is 0 Å². The molecular formula is C14H29NO. The minimum atomic E-state index is 0.103. The Hall–Kier alpha value is -0.530. The Morgan fingerprint density at radius 3 is 2.06 bits per heavy atom. The average molecular weight is 227 g/mol. The minimum absolute atomic E-state index is 0.103. The molecule has 0 atom stereocenters. The van der Waals surface area contributed by atoms with E-state index in [1.165, 1.54) is 25.7 Å². The standard InChI is InChI=1S/C10H19NO.C4H10/c1-4-9(12)11-8-6-5-7-10(11,2)3;1-3-4-2/h4-8H2,1-3H3;3-4H2,1-2H3. The van der Waals surface area contributed by atoms with Crippen LogP contribution in [0, 0.1) is 0 Å². The summed E-state index contributed by atoms with van der Waals surface area (Å²) in [6.07, 6.45) is 6.87. The summed E-state index contributed by atoms with van der Waals surface area (Å²) in [4.78, 5) is 13.5. The number of unbranched alkanes of at least 4 members (excludes halogenated alkanes) is 1. The number of carbonyl (C=O) groups is 1. The summed E-state index contributed by atoms with van der Waals surface area (Å²) in [5.74, 6) is 0.305. The number of hydrogen-bond donors (Lipinski definition) is 0. The molecule has 16 heavy (non-hydrogen) atoms. The van der Waals surface area contributed by atoms with Crippen LogP contribution in [0.4, 0.5) is 0 Å². The van der Waals surface area contributed by atoms with E-state index >= 15 is 0 Å². The van der Waals surface area contributed by atoms with E-state index in [2.05, 4.69) is 27.7 Å². The fraction of sp³-hybridized carbons (Fsp3) is 0.929. The van der Waals surface area contributed by atoms with Crippen molar-refractivity contribution in [3.63, 3.8) is 0 Å². The molecular weight excluding hydrogens is 198 g/mol. The Morgan fingerprint density at radius 1 is 1.12 bits per heavy atom. The first-order chi connectivity index (χ1) is 7.49. The molecule has 1 heterocycles. The number of amides is 1. The summed E-state index contributed by atoms with van der Waals surface area (Å²) < 4.78 is 0. The third-order valence-corrected chi connectivity index (χ3v) is 3.25. The van der Waals surface area contributed by atoms with E-state index in [1.807, 2.05) is 11.8 Å². The number of likely N-dealkylation sites (tertiary alicyclic amines) is 1. The molecule has 0 aliphatic carbocycles. The maximum absolute atomic E-state index is 11.5. The van der Waals surface area contributed by atoms with Gasteiger partial charge in [-0.25, -0.2) is 0 Å². The van der Waals surface area contributed by atoms with Crippen LogP contribution in [0.3, 0.4) is 0 Å². The van der Waals surface area contributed by atoms with Crippen LogP contribution >= 0.6 is 0 Å². The molecule has 0 aromatic rings. The summed E-state index contributed by atoms with van der Waals surface area (Å²) >= 11 is 0.